The summed E-state index contributed by atoms with van der Waals surface area (Å²) in [6.07, 6.45) is 0. The van der Waals surface area contributed by atoms with Crippen LogP contribution in [0, 0.1) is 21.3 Å². The van der Waals surface area contributed by atoms with Crippen molar-refractivity contribution in [2.24, 2.45) is 0 Å². The monoisotopic (exact) mass is 189 g/mol. The first-order chi connectivity index (χ1) is 2.83. The zero-order chi connectivity index (χ0) is 5.41. The largest absolute Gasteiger partial charge is 2.00 e. The van der Waals surface area contributed by atoms with Gasteiger partial charge >= 0.3 is 17.1 Å². The van der Waals surface area contributed by atoms with E-state index in [1.165, 1.54) is 10.8 Å². The van der Waals surface area contributed by atoms with Crippen LogP contribution in [0.1, 0.15) is 0 Å². The molecule has 6 heteroatoms. The van der Waals surface area contributed by atoms with Gasteiger partial charge in [-0.2, -0.15) is 0 Å². The molecule has 0 fully saturated rings. The smallest absolute Gasteiger partial charge is 0.696 e. The maximum atomic E-state index is 7.13. The third kappa shape index (κ3) is 14000. The van der Waals surface area contributed by atoms with Crippen LogP contribution in [-0.2, 0) is 42.3 Å². The van der Waals surface area contributed by atoms with Crippen LogP contribution >= 0.6 is 0 Å². The van der Waals surface area contributed by atoms with Crippen molar-refractivity contribution >= 4 is 25.3 Å². The minimum absolute atomic E-state index is 0. The molecule has 0 amide bonds. The number of nitrogens with zero attached hydrogens (tertiary/aromatic N) is 2. The third-order valence-electron chi connectivity index (χ3n) is 0. The molecule has 0 heterocycles. The molecule has 0 radical (unpaired) electrons. The number of hydrogen-bond acceptors (Lipinski definition) is 5. The van der Waals surface area contributed by atoms with Crippen LogP contribution < -0.4 is 6.15 Å². The fourth-order valence-electron chi connectivity index (χ4n) is 0. The van der Waals surface area contributed by atoms with Crippen molar-refractivity contribution in [1.82, 2.24) is 6.15 Å². The molecule has 0 aromatic rings. The first-order valence-corrected chi connectivity index (χ1v) is 1.67. The van der Waals surface area contributed by atoms with Crippen LogP contribution in [0.15, 0.2) is 0 Å². The van der Waals surface area contributed by atoms with Crippen LogP contribution in [-0.4, -0.2) is 0 Å². The summed E-state index contributed by atoms with van der Waals surface area (Å²) in [5.41, 5.74) is 0. The Balaban J connectivity index is -0.0000000160. The van der Waals surface area contributed by atoms with Crippen LogP contribution in [0.25, 0.3) is 0 Å². The van der Waals surface area contributed by atoms with Crippen LogP contribution in [0.5, 0.6) is 0 Å². The van der Waals surface area contributed by atoms with E-state index in [-0.39, 0.29) is 23.2 Å². The quantitative estimate of drug-likeness (QED) is 0.334. The van der Waals surface area contributed by atoms with Gasteiger partial charge in [0.15, 0.2) is 0 Å². The van der Waals surface area contributed by atoms with Gasteiger partial charge in [-0.15, -0.1) is 0 Å². The summed E-state index contributed by atoms with van der Waals surface area (Å²) in [5.74, 6) is 0. The average Bonchev–Trinajstić information content (AvgIpc) is 1.39. The van der Waals surface area contributed by atoms with E-state index in [0.29, 0.717) is 0 Å². The Morgan fingerprint density at radius 1 is 1.00 bits per heavy atom. The fraction of sp³-hybridized carbons (Fsp3) is 0. The van der Waals surface area contributed by atoms with Gasteiger partial charge in [0, 0.05) is 0 Å². The predicted octanol–water partition coefficient (Wildman–Crippen LogP) is 0.188. The summed E-state index contributed by atoms with van der Waals surface area (Å²) in [7, 11) is 0. The van der Waals surface area contributed by atoms with Gasteiger partial charge in [0.2, 0.25) is 0 Å². The number of hydrogen-bond donors (Lipinski definition) is 1. The van der Waals surface area contributed by atoms with E-state index in [4.69, 9.17) is 10.5 Å². The molecule has 8 heavy (non-hydrogen) atoms. The van der Waals surface area contributed by atoms with Gasteiger partial charge in [-0.25, -0.2) is 10.5 Å². The van der Waals surface area contributed by atoms with Gasteiger partial charge < -0.3 is 31.4 Å². The Bertz CT molecular complexity index is 70.3. The van der Waals surface area contributed by atoms with E-state index in [2.05, 4.69) is 25.3 Å². The van der Waals surface area contributed by atoms with Crippen molar-refractivity contribution in [1.29, 1.82) is 10.5 Å². The second kappa shape index (κ2) is 66.6. The summed E-state index contributed by atoms with van der Waals surface area (Å²) >= 11 is 7.40. The minimum Gasteiger partial charge on any atom is -0.696 e. The molecule has 0 rings (SSSR count). The van der Waals surface area contributed by atoms with Crippen molar-refractivity contribution < 1.29 is 17.1 Å². The molecular weight excluding hydrogens is 186 g/mol. The maximum Gasteiger partial charge on any atom is 2.00 e. The molecule has 0 saturated carbocycles. The standard InChI is InChI=1S/2CHNS.Fe.H3N/c2*2-1-3;;/h2*3H;;1H3/q;;+2;/p-2. The van der Waals surface area contributed by atoms with Crippen molar-refractivity contribution in [3.05, 3.63) is 0 Å². The van der Waals surface area contributed by atoms with E-state index in [9.17, 15) is 0 Å². The molecule has 3 N–H and O–H groups in total. The molecule has 0 unspecified atom stereocenters. The molecule has 0 spiro atoms. The average molecular weight is 189 g/mol. The number of rotatable bonds is 0. The van der Waals surface area contributed by atoms with Gasteiger partial charge in [-0.3, -0.25) is 0 Å². The maximum absolute atomic E-state index is 7.13. The Morgan fingerprint density at radius 3 is 1.00 bits per heavy atom. The summed E-state index contributed by atoms with van der Waals surface area (Å²) in [6.45, 7) is 0. The van der Waals surface area contributed by atoms with Gasteiger partial charge in [0.05, 0.1) is 0 Å². The minimum atomic E-state index is 0. The second-order valence-electron chi connectivity index (χ2n) is 0.183. The molecule has 0 aliphatic heterocycles. The zero-order valence-electron chi connectivity index (χ0n) is 3.77. The normalized spacial score (nSPS) is 1.75. The molecule has 46 valence electrons. The van der Waals surface area contributed by atoms with Crippen molar-refractivity contribution in [2.75, 3.05) is 0 Å². The Kier molecular flexibility index (Phi) is 206. The Hall–Kier alpha value is -0.101. The van der Waals surface area contributed by atoms with E-state index in [1.807, 2.05) is 0 Å². The van der Waals surface area contributed by atoms with E-state index in [0.717, 1.165) is 0 Å². The molecule has 0 bridgehead atoms. The Labute approximate surface area is 69.9 Å². The van der Waals surface area contributed by atoms with Crippen LogP contribution in [0.4, 0.5) is 0 Å². The van der Waals surface area contributed by atoms with Crippen molar-refractivity contribution in [3.8, 4) is 10.8 Å². The molecular formula is C2H3FeN3S2. The van der Waals surface area contributed by atoms with Gasteiger partial charge in [0.1, 0.15) is 0 Å². The topological polar surface area (TPSA) is 82.6 Å². The second-order valence-corrected chi connectivity index (χ2v) is 0.548. The number of nitriles is 2. The molecule has 0 saturated heterocycles. The Morgan fingerprint density at radius 2 is 1.00 bits per heavy atom. The van der Waals surface area contributed by atoms with E-state index < -0.39 is 0 Å². The SMILES string of the molecule is N.N#C[S-].N#C[S-].[Fe+2]. The molecule has 0 aromatic heterocycles. The summed E-state index contributed by atoms with van der Waals surface area (Å²) in [4.78, 5) is 0. The van der Waals surface area contributed by atoms with Crippen LogP contribution in [0.3, 0.4) is 0 Å². The van der Waals surface area contributed by atoms with Crippen LogP contribution in [0.2, 0.25) is 0 Å². The zero-order valence-corrected chi connectivity index (χ0v) is 6.51. The molecule has 0 aliphatic rings. The summed E-state index contributed by atoms with van der Waals surface area (Å²) in [5, 5.41) is 16.9. The molecule has 3 nitrogen and oxygen atoms in total. The van der Waals surface area contributed by atoms with Gasteiger partial charge in [-0.1, -0.05) is 10.8 Å². The first-order valence-electron chi connectivity index (χ1n) is 0.855. The molecule has 0 aliphatic carbocycles. The summed E-state index contributed by atoms with van der Waals surface area (Å²) in [6, 6.07) is 0. The van der Waals surface area contributed by atoms with Crippen molar-refractivity contribution in [3.63, 3.8) is 0 Å². The van der Waals surface area contributed by atoms with E-state index in [1.54, 1.807) is 0 Å². The van der Waals surface area contributed by atoms with Crippen molar-refractivity contribution in [2.45, 2.75) is 0 Å². The van der Waals surface area contributed by atoms with E-state index >= 15 is 0 Å². The third-order valence-corrected chi connectivity index (χ3v) is 0. The predicted molar refractivity (Wildman–Crippen MR) is 31.0 cm³/mol. The van der Waals surface area contributed by atoms with Gasteiger partial charge in [-0.05, 0) is 0 Å². The first kappa shape index (κ1) is 24.7. The van der Waals surface area contributed by atoms with Gasteiger partial charge in [0.25, 0.3) is 0 Å². The number of thiocyanates is 2. The summed E-state index contributed by atoms with van der Waals surface area (Å²) < 4.78 is 0. The molecule has 0 aromatic carbocycles. The fourth-order valence-corrected chi connectivity index (χ4v) is 0. The molecule has 0 atom stereocenters.